The first-order valence-corrected chi connectivity index (χ1v) is 12.6. The van der Waals surface area contributed by atoms with Gasteiger partial charge in [-0.2, -0.15) is 5.48 Å². The Labute approximate surface area is 220 Å². The van der Waals surface area contributed by atoms with Gasteiger partial charge in [0.25, 0.3) is 0 Å². The summed E-state index contributed by atoms with van der Waals surface area (Å²) >= 11 is 6.74. The number of benzene rings is 1. The van der Waals surface area contributed by atoms with Gasteiger partial charge in [0.05, 0.1) is 17.8 Å². The third kappa shape index (κ3) is 6.01. The summed E-state index contributed by atoms with van der Waals surface area (Å²) in [5.74, 6) is -1.15. The maximum Gasteiger partial charge on any atom is 0.329 e. The predicted octanol–water partition coefficient (Wildman–Crippen LogP) is 3.29. The lowest BCUT2D eigenvalue weighted by Crippen LogP contribution is -2.54. The zero-order valence-electron chi connectivity index (χ0n) is 20.9. The zero-order chi connectivity index (χ0) is 26.6. The summed E-state index contributed by atoms with van der Waals surface area (Å²) in [5.41, 5.74) is 3.51. The van der Waals surface area contributed by atoms with Crippen molar-refractivity contribution in [2.75, 3.05) is 19.7 Å². The third-order valence-corrected chi connectivity index (χ3v) is 7.33. The number of aryl methyl sites for hydroxylation is 1. The number of aliphatic hydroxyl groups excluding tert-OH is 1. The number of aliphatic hydroxyl groups is 1. The van der Waals surface area contributed by atoms with Gasteiger partial charge in [0.2, 0.25) is 0 Å². The lowest BCUT2D eigenvalue weighted by molar-refractivity contribution is -0.146. The molecule has 37 heavy (non-hydrogen) atoms. The van der Waals surface area contributed by atoms with Gasteiger partial charge >= 0.3 is 11.9 Å². The van der Waals surface area contributed by atoms with Crippen LogP contribution in [0.5, 0.6) is 5.75 Å². The van der Waals surface area contributed by atoms with Crippen molar-refractivity contribution >= 4 is 29.1 Å². The first-order chi connectivity index (χ1) is 17.7. The molecule has 0 radical (unpaired) electrons. The van der Waals surface area contributed by atoms with Crippen molar-refractivity contribution in [2.24, 2.45) is 5.92 Å². The summed E-state index contributed by atoms with van der Waals surface area (Å²) in [6, 6.07) is 9.98. The number of carbonyl (C=O) groups is 2. The Bertz CT molecular complexity index is 1220. The second kappa shape index (κ2) is 11.4. The molecule has 1 unspecified atom stereocenters. The molecule has 1 aliphatic heterocycles. The Morgan fingerprint density at radius 2 is 1.92 bits per heavy atom. The number of rotatable bonds is 6. The van der Waals surface area contributed by atoms with E-state index in [4.69, 9.17) is 11.6 Å². The number of likely N-dealkylation sites (tertiary alicyclic amines) is 1. The number of aromatic hydroxyl groups is 1. The largest absolute Gasteiger partial charge is 0.504 e. The molecule has 0 bridgehead atoms. The van der Waals surface area contributed by atoms with Gasteiger partial charge in [-0.25, -0.2) is 9.97 Å². The van der Waals surface area contributed by atoms with Crippen molar-refractivity contribution in [1.29, 1.82) is 0 Å². The van der Waals surface area contributed by atoms with Gasteiger partial charge in [-0.3, -0.25) is 14.5 Å². The van der Waals surface area contributed by atoms with E-state index in [1.54, 1.807) is 6.92 Å². The van der Waals surface area contributed by atoms with Crippen LogP contribution in [0.3, 0.4) is 0 Å². The van der Waals surface area contributed by atoms with E-state index in [1.807, 2.05) is 41.9 Å². The highest BCUT2D eigenvalue weighted by molar-refractivity contribution is 6.33. The van der Waals surface area contributed by atoms with E-state index in [0.717, 1.165) is 49.0 Å². The molecule has 2 aliphatic rings. The van der Waals surface area contributed by atoms with Crippen molar-refractivity contribution in [3.05, 3.63) is 70.3 Å². The van der Waals surface area contributed by atoms with Crippen molar-refractivity contribution in [3.63, 3.8) is 0 Å². The molecule has 1 aromatic carbocycles. The van der Waals surface area contributed by atoms with Crippen LogP contribution in [0.25, 0.3) is 5.57 Å². The van der Waals surface area contributed by atoms with E-state index < -0.39 is 17.4 Å². The number of nitrogens with zero attached hydrogens (tertiary/aromatic N) is 3. The molecular formula is C27H31ClN4O5. The number of piperidine rings is 1. The molecule has 1 fully saturated rings. The van der Waals surface area contributed by atoms with Crippen LogP contribution in [-0.2, 0) is 16.1 Å². The Balaban J connectivity index is 1.41. The molecule has 9 nitrogen and oxygen atoms in total. The molecule has 1 atom stereocenters. The molecule has 1 amide bonds. The minimum Gasteiger partial charge on any atom is -0.504 e. The van der Waals surface area contributed by atoms with Crippen LogP contribution < -0.4 is 5.48 Å². The van der Waals surface area contributed by atoms with Gasteiger partial charge in [0.1, 0.15) is 5.82 Å². The zero-order valence-corrected chi connectivity index (χ0v) is 21.7. The highest BCUT2D eigenvalue weighted by Crippen LogP contribution is 2.39. The Morgan fingerprint density at radius 1 is 1.22 bits per heavy atom. The minimum absolute atomic E-state index is 0.0342. The van der Waals surface area contributed by atoms with Gasteiger partial charge in [-0.05, 0) is 49.9 Å². The summed E-state index contributed by atoms with van der Waals surface area (Å²) < 4.78 is 0. The number of hydrogen-bond donors (Lipinski definition) is 3. The maximum absolute atomic E-state index is 12.3. The molecule has 0 spiro atoms. The molecule has 2 aromatic rings. The van der Waals surface area contributed by atoms with E-state index in [9.17, 15) is 19.8 Å². The van der Waals surface area contributed by atoms with Gasteiger partial charge in [0.15, 0.2) is 11.4 Å². The van der Waals surface area contributed by atoms with Crippen LogP contribution in [0, 0.1) is 12.8 Å². The van der Waals surface area contributed by atoms with Crippen LogP contribution in [0.1, 0.15) is 53.8 Å². The summed E-state index contributed by atoms with van der Waals surface area (Å²) in [7, 11) is 0. The van der Waals surface area contributed by atoms with Gasteiger partial charge in [-0.15, -0.1) is 0 Å². The number of nitrogens with one attached hydrogen (secondary N) is 1. The number of aromatic nitrogens is 2. The summed E-state index contributed by atoms with van der Waals surface area (Å²) in [6.45, 7) is 4.23. The van der Waals surface area contributed by atoms with Crippen molar-refractivity contribution in [3.8, 4) is 5.75 Å². The van der Waals surface area contributed by atoms with Crippen molar-refractivity contribution < 1.29 is 24.6 Å². The molecule has 1 saturated heterocycles. The van der Waals surface area contributed by atoms with Crippen LogP contribution >= 0.6 is 11.6 Å². The minimum atomic E-state index is -0.817. The fourth-order valence-electron chi connectivity index (χ4n) is 4.93. The monoisotopic (exact) mass is 526 g/mol. The highest BCUT2D eigenvalue weighted by Gasteiger charge is 2.39. The first-order valence-electron chi connectivity index (χ1n) is 12.3. The van der Waals surface area contributed by atoms with E-state index >= 15 is 0 Å². The van der Waals surface area contributed by atoms with Crippen LogP contribution in [0.2, 0.25) is 0 Å². The van der Waals surface area contributed by atoms with E-state index in [2.05, 4.69) is 25.8 Å². The molecule has 1 aromatic heterocycles. The Morgan fingerprint density at radius 3 is 2.54 bits per heavy atom. The fraction of sp³-hybridized carbons (Fsp3) is 0.407. The molecule has 0 saturated carbocycles. The molecule has 3 N–H and O–H groups in total. The molecular weight excluding hydrogens is 496 g/mol. The Kier molecular flexibility index (Phi) is 8.26. The van der Waals surface area contributed by atoms with Crippen LogP contribution in [-0.4, -0.2) is 62.2 Å². The quantitative estimate of drug-likeness (QED) is 0.490. The van der Waals surface area contributed by atoms with Crippen LogP contribution in [0.15, 0.2) is 47.5 Å². The first kappa shape index (κ1) is 26.8. The van der Waals surface area contributed by atoms with Crippen molar-refractivity contribution in [1.82, 2.24) is 20.3 Å². The predicted molar refractivity (Wildman–Crippen MR) is 138 cm³/mol. The van der Waals surface area contributed by atoms with Gasteiger partial charge in [0, 0.05) is 24.8 Å². The molecule has 196 valence electrons. The normalized spacial score (nSPS) is 20.6. The topological polar surface area (TPSA) is 125 Å². The average Bonchev–Trinajstić information content (AvgIpc) is 2.90. The Hall–Kier alpha value is -3.27. The summed E-state index contributed by atoms with van der Waals surface area (Å²) in [6.07, 6.45) is 6.85. The summed E-state index contributed by atoms with van der Waals surface area (Å²) in [5, 5.41) is 21.4. The second-order valence-corrected chi connectivity index (χ2v) is 9.99. The second-order valence-electron chi connectivity index (χ2n) is 9.54. The number of carbonyl (C=O) groups excluding carboxylic acids is 2. The number of hydroxylamine groups is 1. The standard InChI is InChI=1S/C27H31ClN4O5/c1-17-25(35)24(26(36)31-37-18(2)34)30-23(29-17)14-19-9-12-32(13-10-19)27(16-33)11-8-21(22(28)15-27)20-6-4-3-5-7-20/h3-8,11,19,33,35H,9-10,12-16H2,1-2H3,(H,31,36). The van der Waals surface area contributed by atoms with Crippen molar-refractivity contribution in [2.45, 2.75) is 45.1 Å². The van der Waals surface area contributed by atoms with E-state index in [-0.39, 0.29) is 29.7 Å². The number of allylic oxidation sites excluding steroid dienone is 2. The molecule has 2 heterocycles. The number of amides is 1. The summed E-state index contributed by atoms with van der Waals surface area (Å²) in [4.78, 5) is 38.7. The molecule has 4 rings (SSSR count). The fourth-order valence-corrected chi connectivity index (χ4v) is 5.33. The number of halogens is 1. The average molecular weight is 527 g/mol. The third-order valence-electron chi connectivity index (χ3n) is 7.00. The lowest BCUT2D eigenvalue weighted by atomic mass is 9.82. The highest BCUT2D eigenvalue weighted by atomic mass is 35.5. The van der Waals surface area contributed by atoms with Gasteiger partial charge in [-0.1, -0.05) is 54.1 Å². The van der Waals surface area contributed by atoms with Gasteiger partial charge < -0.3 is 15.1 Å². The number of hydrogen-bond acceptors (Lipinski definition) is 8. The maximum atomic E-state index is 12.3. The molecule has 10 heteroatoms. The molecule has 1 aliphatic carbocycles. The SMILES string of the molecule is CC(=O)ONC(=O)c1nc(CC2CCN(C3(CO)C=CC(c4ccccc4)=C(Cl)C3)CC2)nc(C)c1O. The van der Waals surface area contributed by atoms with E-state index in [0.29, 0.717) is 18.7 Å². The van der Waals surface area contributed by atoms with Crippen LogP contribution in [0.4, 0.5) is 0 Å². The lowest BCUT2D eigenvalue weighted by Gasteiger charge is -2.46. The van der Waals surface area contributed by atoms with E-state index in [1.165, 1.54) is 0 Å². The smallest absolute Gasteiger partial charge is 0.329 e.